The van der Waals surface area contributed by atoms with E-state index in [0.29, 0.717) is 18.1 Å². The van der Waals surface area contributed by atoms with Crippen molar-refractivity contribution in [2.45, 2.75) is 31.9 Å². The lowest BCUT2D eigenvalue weighted by Crippen LogP contribution is -2.41. The van der Waals surface area contributed by atoms with Crippen LogP contribution in [-0.4, -0.2) is 35.6 Å². The summed E-state index contributed by atoms with van der Waals surface area (Å²) in [7, 11) is 3.96. The van der Waals surface area contributed by atoms with Gasteiger partial charge in [0.25, 0.3) is 0 Å². The first-order valence-corrected chi connectivity index (χ1v) is 5.97. The number of rotatable bonds is 4. The second kappa shape index (κ2) is 4.97. The first-order valence-electron chi connectivity index (χ1n) is 5.97. The Morgan fingerprint density at radius 1 is 1.69 bits per heavy atom. The fraction of sp³-hybridized carbons (Fsp3) is 0.750. The van der Waals surface area contributed by atoms with E-state index < -0.39 is 0 Å². The third-order valence-electron chi connectivity index (χ3n) is 3.43. The second-order valence-electron chi connectivity index (χ2n) is 4.72. The molecule has 1 fully saturated rings. The number of hydrogen-bond acceptors (Lipinski definition) is 3. The molecule has 0 aliphatic carbocycles. The molecule has 3 unspecified atom stereocenters. The first kappa shape index (κ1) is 11.6. The van der Waals surface area contributed by atoms with Crippen LogP contribution in [0, 0.1) is 5.92 Å². The van der Waals surface area contributed by atoms with E-state index in [4.69, 9.17) is 4.74 Å². The Kier molecular flexibility index (Phi) is 3.61. The Morgan fingerprint density at radius 2 is 2.50 bits per heavy atom. The lowest BCUT2D eigenvalue weighted by Gasteiger charge is -2.25. The van der Waals surface area contributed by atoms with Gasteiger partial charge in [0.15, 0.2) is 0 Å². The maximum atomic E-state index is 5.81. The van der Waals surface area contributed by atoms with Crippen LogP contribution in [0.4, 0.5) is 0 Å². The van der Waals surface area contributed by atoms with Crippen LogP contribution in [0.25, 0.3) is 0 Å². The number of aryl methyl sites for hydroxylation is 1. The van der Waals surface area contributed by atoms with Gasteiger partial charge >= 0.3 is 0 Å². The number of nitrogens with one attached hydrogen (secondary N) is 1. The van der Waals surface area contributed by atoms with E-state index in [1.807, 2.05) is 25.0 Å². The Morgan fingerprint density at radius 3 is 3.00 bits per heavy atom. The second-order valence-corrected chi connectivity index (χ2v) is 4.72. The fourth-order valence-electron chi connectivity index (χ4n) is 2.44. The van der Waals surface area contributed by atoms with E-state index in [2.05, 4.69) is 23.5 Å². The molecule has 1 saturated heterocycles. The molecular formula is C12H21N3O. The molecule has 2 heterocycles. The molecule has 4 heteroatoms. The van der Waals surface area contributed by atoms with Gasteiger partial charge in [-0.3, -0.25) is 4.68 Å². The zero-order valence-corrected chi connectivity index (χ0v) is 10.3. The number of hydrogen-bond donors (Lipinski definition) is 1. The monoisotopic (exact) mass is 223 g/mol. The zero-order valence-electron chi connectivity index (χ0n) is 10.3. The third kappa shape index (κ3) is 2.44. The van der Waals surface area contributed by atoms with Gasteiger partial charge in [0.1, 0.15) is 0 Å². The predicted molar refractivity (Wildman–Crippen MR) is 63.3 cm³/mol. The molecular weight excluding hydrogens is 202 g/mol. The maximum absolute atomic E-state index is 5.81. The minimum absolute atomic E-state index is 0.338. The van der Waals surface area contributed by atoms with Crippen LogP contribution in [0.3, 0.4) is 0 Å². The van der Waals surface area contributed by atoms with Crippen molar-refractivity contribution in [1.29, 1.82) is 0 Å². The van der Waals surface area contributed by atoms with Gasteiger partial charge in [0.05, 0.1) is 12.3 Å². The van der Waals surface area contributed by atoms with Crippen molar-refractivity contribution in [2.75, 3.05) is 13.7 Å². The normalized spacial score (nSPS) is 27.2. The highest BCUT2D eigenvalue weighted by molar-refractivity contribution is 5.07. The Balaban J connectivity index is 2.00. The molecule has 1 N–H and O–H groups in total. The van der Waals surface area contributed by atoms with Gasteiger partial charge in [-0.25, -0.2) is 0 Å². The van der Waals surface area contributed by atoms with Crippen molar-refractivity contribution in [3.63, 3.8) is 0 Å². The molecule has 0 radical (unpaired) electrons. The average Bonchev–Trinajstić information content (AvgIpc) is 2.84. The first-order chi connectivity index (χ1) is 7.70. The van der Waals surface area contributed by atoms with Crippen molar-refractivity contribution in [3.8, 4) is 0 Å². The summed E-state index contributed by atoms with van der Waals surface area (Å²) in [6.45, 7) is 3.17. The maximum Gasteiger partial charge on any atom is 0.0757 e. The van der Waals surface area contributed by atoms with Crippen LogP contribution < -0.4 is 5.32 Å². The third-order valence-corrected chi connectivity index (χ3v) is 3.43. The summed E-state index contributed by atoms with van der Waals surface area (Å²) in [6.07, 6.45) is 6.51. The fourth-order valence-corrected chi connectivity index (χ4v) is 2.44. The molecule has 16 heavy (non-hydrogen) atoms. The number of likely N-dealkylation sites (N-methyl/N-ethyl adjacent to an activating group) is 1. The molecule has 90 valence electrons. The van der Waals surface area contributed by atoms with Crippen molar-refractivity contribution in [3.05, 3.63) is 18.0 Å². The van der Waals surface area contributed by atoms with E-state index >= 15 is 0 Å². The number of aromatic nitrogens is 2. The highest BCUT2D eigenvalue weighted by Gasteiger charge is 2.31. The molecule has 0 spiro atoms. The quantitative estimate of drug-likeness (QED) is 0.827. The highest BCUT2D eigenvalue weighted by Crippen LogP contribution is 2.24. The predicted octanol–water partition coefficient (Wildman–Crippen LogP) is 0.976. The average molecular weight is 223 g/mol. The number of nitrogens with zero attached hydrogens (tertiary/aromatic N) is 2. The summed E-state index contributed by atoms with van der Waals surface area (Å²) in [5, 5.41) is 7.57. The molecule has 3 atom stereocenters. The van der Waals surface area contributed by atoms with Gasteiger partial charge in [-0.05, 0) is 31.4 Å². The molecule has 1 aliphatic heterocycles. The van der Waals surface area contributed by atoms with Gasteiger partial charge in [0, 0.05) is 25.9 Å². The lowest BCUT2D eigenvalue weighted by molar-refractivity contribution is 0.0634. The molecule has 1 aromatic heterocycles. The Hall–Kier alpha value is -0.870. The standard InChI is InChI=1S/C12H21N3O/c1-9-4-5-16-12(9)11(13-2)6-10-7-14-15(3)8-10/h7-9,11-13H,4-6H2,1-3H3. The molecule has 1 aliphatic rings. The summed E-state index contributed by atoms with van der Waals surface area (Å²) in [6, 6.07) is 0.390. The van der Waals surface area contributed by atoms with E-state index in [0.717, 1.165) is 13.0 Å². The lowest BCUT2D eigenvalue weighted by atomic mass is 9.94. The smallest absolute Gasteiger partial charge is 0.0757 e. The summed E-state index contributed by atoms with van der Waals surface area (Å²) < 4.78 is 7.66. The minimum Gasteiger partial charge on any atom is -0.376 e. The van der Waals surface area contributed by atoms with E-state index in [1.165, 1.54) is 12.0 Å². The van der Waals surface area contributed by atoms with E-state index in [9.17, 15) is 0 Å². The number of ether oxygens (including phenoxy) is 1. The van der Waals surface area contributed by atoms with Crippen LogP contribution in [0.2, 0.25) is 0 Å². The minimum atomic E-state index is 0.338. The van der Waals surface area contributed by atoms with Gasteiger partial charge in [-0.2, -0.15) is 5.10 Å². The highest BCUT2D eigenvalue weighted by atomic mass is 16.5. The van der Waals surface area contributed by atoms with E-state index in [1.54, 1.807) is 0 Å². The van der Waals surface area contributed by atoms with Crippen LogP contribution in [0.1, 0.15) is 18.9 Å². The van der Waals surface area contributed by atoms with E-state index in [-0.39, 0.29) is 0 Å². The van der Waals surface area contributed by atoms with Crippen molar-refractivity contribution < 1.29 is 4.74 Å². The summed E-state index contributed by atoms with van der Waals surface area (Å²) in [5.41, 5.74) is 1.27. The molecule has 4 nitrogen and oxygen atoms in total. The van der Waals surface area contributed by atoms with Gasteiger partial charge in [-0.15, -0.1) is 0 Å². The van der Waals surface area contributed by atoms with Crippen LogP contribution in [-0.2, 0) is 18.2 Å². The topological polar surface area (TPSA) is 39.1 Å². The Bertz CT molecular complexity index is 337. The van der Waals surface area contributed by atoms with Crippen molar-refractivity contribution in [1.82, 2.24) is 15.1 Å². The SMILES string of the molecule is CNC(Cc1cnn(C)c1)C1OCCC1C. The summed E-state index contributed by atoms with van der Waals surface area (Å²) in [4.78, 5) is 0. The van der Waals surface area contributed by atoms with Crippen LogP contribution in [0.15, 0.2) is 12.4 Å². The largest absolute Gasteiger partial charge is 0.376 e. The molecule has 1 aromatic rings. The van der Waals surface area contributed by atoms with Crippen molar-refractivity contribution >= 4 is 0 Å². The molecule has 0 saturated carbocycles. The Labute approximate surface area is 97.0 Å². The van der Waals surface area contributed by atoms with Crippen LogP contribution >= 0.6 is 0 Å². The van der Waals surface area contributed by atoms with Gasteiger partial charge in [-0.1, -0.05) is 6.92 Å². The molecule has 0 aromatic carbocycles. The molecule has 0 amide bonds. The van der Waals surface area contributed by atoms with Crippen LogP contribution in [0.5, 0.6) is 0 Å². The summed E-state index contributed by atoms with van der Waals surface area (Å²) >= 11 is 0. The summed E-state index contributed by atoms with van der Waals surface area (Å²) in [5.74, 6) is 0.647. The van der Waals surface area contributed by atoms with Crippen molar-refractivity contribution in [2.24, 2.45) is 13.0 Å². The van der Waals surface area contributed by atoms with Gasteiger partial charge in [0.2, 0.25) is 0 Å². The molecule has 0 bridgehead atoms. The van der Waals surface area contributed by atoms with Gasteiger partial charge < -0.3 is 10.1 Å². The molecule has 2 rings (SSSR count). The zero-order chi connectivity index (χ0) is 11.5.